The first kappa shape index (κ1) is 18.5. The van der Waals surface area contributed by atoms with Gasteiger partial charge >= 0.3 is 0 Å². The molecule has 0 unspecified atom stereocenters. The highest BCUT2D eigenvalue weighted by molar-refractivity contribution is 7.92. The molecule has 5 nitrogen and oxygen atoms in total. The monoisotopic (exact) mass is 388 g/mol. The minimum atomic E-state index is -3.30. The first-order chi connectivity index (χ1) is 12.3. The van der Waals surface area contributed by atoms with E-state index < -0.39 is 15.1 Å². The number of fused-ring (bicyclic) bond motifs is 1. The van der Waals surface area contributed by atoms with Crippen molar-refractivity contribution >= 4 is 43.0 Å². The van der Waals surface area contributed by atoms with Crippen molar-refractivity contribution in [2.24, 2.45) is 0 Å². The maximum absolute atomic E-state index is 12.3. The van der Waals surface area contributed by atoms with Gasteiger partial charge in [0.15, 0.2) is 9.84 Å². The summed E-state index contributed by atoms with van der Waals surface area (Å²) in [5, 5.41) is 3.38. The van der Waals surface area contributed by atoms with E-state index in [4.69, 9.17) is 0 Å². The highest BCUT2D eigenvalue weighted by Crippen LogP contribution is 2.24. The number of rotatable bonds is 5. The van der Waals surface area contributed by atoms with Crippen molar-refractivity contribution in [3.8, 4) is 0 Å². The Morgan fingerprint density at radius 3 is 2.50 bits per heavy atom. The Morgan fingerprint density at radius 2 is 1.85 bits per heavy atom. The second-order valence-electron chi connectivity index (χ2n) is 6.38. The molecule has 0 saturated heterocycles. The lowest BCUT2D eigenvalue weighted by Crippen LogP contribution is -2.15. The Morgan fingerprint density at radius 1 is 1.15 bits per heavy atom. The molecule has 0 aliphatic carbocycles. The normalized spacial score (nSPS) is 11.8. The number of anilines is 1. The van der Waals surface area contributed by atoms with Gasteiger partial charge in [-0.25, -0.2) is 13.4 Å². The van der Waals surface area contributed by atoms with Gasteiger partial charge in [0.2, 0.25) is 5.91 Å². The van der Waals surface area contributed by atoms with Gasteiger partial charge in [-0.05, 0) is 56.7 Å². The van der Waals surface area contributed by atoms with Crippen LogP contribution in [0.2, 0.25) is 0 Å². The fourth-order valence-electron chi connectivity index (χ4n) is 2.58. The van der Waals surface area contributed by atoms with Crippen LogP contribution in [0, 0.1) is 6.92 Å². The van der Waals surface area contributed by atoms with Crippen LogP contribution in [0.4, 0.5) is 5.69 Å². The van der Waals surface area contributed by atoms with Crippen molar-refractivity contribution in [1.82, 2.24) is 4.98 Å². The van der Waals surface area contributed by atoms with Gasteiger partial charge in [0.25, 0.3) is 0 Å². The number of sulfone groups is 1. The number of hydrogen-bond acceptors (Lipinski definition) is 5. The number of aryl methyl sites for hydroxylation is 1. The van der Waals surface area contributed by atoms with Crippen LogP contribution in [-0.2, 0) is 21.1 Å². The Kier molecular flexibility index (Phi) is 5.11. The van der Waals surface area contributed by atoms with E-state index in [0.29, 0.717) is 5.69 Å². The number of nitrogens with zero attached hydrogens (tertiary/aromatic N) is 1. The van der Waals surface area contributed by atoms with E-state index in [1.807, 2.05) is 25.1 Å². The van der Waals surface area contributed by atoms with Crippen LogP contribution >= 0.6 is 11.3 Å². The fourth-order valence-corrected chi connectivity index (χ4v) is 4.45. The van der Waals surface area contributed by atoms with Crippen LogP contribution < -0.4 is 5.32 Å². The van der Waals surface area contributed by atoms with E-state index >= 15 is 0 Å². The lowest BCUT2D eigenvalue weighted by atomic mass is 10.1. The summed E-state index contributed by atoms with van der Waals surface area (Å²) < 4.78 is 25.3. The Balaban J connectivity index is 1.69. The van der Waals surface area contributed by atoms with Crippen molar-refractivity contribution in [3.63, 3.8) is 0 Å². The molecule has 0 atom stereocenters. The van der Waals surface area contributed by atoms with E-state index in [-0.39, 0.29) is 17.2 Å². The maximum atomic E-state index is 12.3. The number of nitrogens with one attached hydrogen (secondary N) is 1. The number of benzene rings is 2. The molecule has 0 saturated carbocycles. The molecule has 3 rings (SSSR count). The molecule has 136 valence electrons. The van der Waals surface area contributed by atoms with Gasteiger partial charge in [0.05, 0.1) is 31.8 Å². The summed E-state index contributed by atoms with van der Waals surface area (Å²) in [6.45, 7) is 5.25. The van der Waals surface area contributed by atoms with Crippen LogP contribution in [0.5, 0.6) is 0 Å². The molecule has 0 aliphatic rings. The molecular formula is C19H20N2O3S2. The van der Waals surface area contributed by atoms with Crippen molar-refractivity contribution < 1.29 is 13.2 Å². The summed E-state index contributed by atoms with van der Waals surface area (Å²) in [6.07, 6.45) is 0.177. The predicted molar refractivity (Wildman–Crippen MR) is 105 cm³/mol. The van der Waals surface area contributed by atoms with Crippen LogP contribution in [0.25, 0.3) is 10.2 Å². The number of hydrogen-bond donors (Lipinski definition) is 1. The summed E-state index contributed by atoms with van der Waals surface area (Å²) in [6, 6.07) is 12.1. The number of thiazole rings is 1. The predicted octanol–water partition coefficient (Wildman–Crippen LogP) is 3.97. The zero-order valence-corrected chi connectivity index (χ0v) is 16.4. The zero-order chi connectivity index (χ0) is 18.9. The highest BCUT2D eigenvalue weighted by atomic mass is 32.2. The molecule has 1 heterocycles. The maximum Gasteiger partial charge on any atom is 0.228 e. The van der Waals surface area contributed by atoms with E-state index in [9.17, 15) is 13.2 Å². The molecule has 7 heteroatoms. The van der Waals surface area contributed by atoms with Gasteiger partial charge < -0.3 is 5.32 Å². The molecule has 1 aromatic heterocycles. The smallest absolute Gasteiger partial charge is 0.228 e. The first-order valence-corrected chi connectivity index (χ1v) is 10.6. The van der Waals surface area contributed by atoms with E-state index in [1.54, 1.807) is 49.4 Å². The number of carbonyl (C=O) groups is 1. The Hall–Kier alpha value is -2.25. The number of amides is 1. The third-order valence-corrected chi connectivity index (χ3v) is 7.14. The largest absolute Gasteiger partial charge is 0.326 e. The van der Waals surface area contributed by atoms with E-state index in [0.717, 1.165) is 20.8 Å². The fraction of sp³-hybridized carbons (Fsp3) is 0.263. The van der Waals surface area contributed by atoms with Gasteiger partial charge in [-0.2, -0.15) is 0 Å². The highest BCUT2D eigenvalue weighted by Gasteiger charge is 2.18. The summed E-state index contributed by atoms with van der Waals surface area (Å²) in [5.41, 5.74) is 2.33. The lowest BCUT2D eigenvalue weighted by Gasteiger charge is -2.09. The van der Waals surface area contributed by atoms with Gasteiger partial charge in [0, 0.05) is 5.69 Å². The first-order valence-electron chi connectivity index (χ1n) is 8.25. The lowest BCUT2D eigenvalue weighted by molar-refractivity contribution is -0.115. The molecule has 26 heavy (non-hydrogen) atoms. The van der Waals surface area contributed by atoms with Gasteiger partial charge in [0.1, 0.15) is 0 Å². The van der Waals surface area contributed by atoms with Crippen molar-refractivity contribution in [1.29, 1.82) is 0 Å². The van der Waals surface area contributed by atoms with Gasteiger partial charge in [-0.15, -0.1) is 11.3 Å². The zero-order valence-electron chi connectivity index (χ0n) is 14.8. The quantitative estimate of drug-likeness (QED) is 0.717. The van der Waals surface area contributed by atoms with Crippen molar-refractivity contribution in [2.45, 2.75) is 37.3 Å². The molecular weight excluding hydrogens is 368 g/mol. The standard InChI is InChI=1S/C19H20N2O3S2/c1-12(2)26(23,24)16-7-4-14(5-8-16)10-19(22)21-15-6-9-18-17(11-15)20-13(3)25-18/h4-9,11-12H,10H2,1-3H3,(H,21,22). The molecule has 0 fully saturated rings. The molecule has 0 radical (unpaired) electrons. The van der Waals surface area contributed by atoms with Crippen LogP contribution in [-0.4, -0.2) is 24.6 Å². The van der Waals surface area contributed by atoms with Crippen molar-refractivity contribution in [3.05, 3.63) is 53.0 Å². The van der Waals surface area contributed by atoms with E-state index in [2.05, 4.69) is 10.3 Å². The summed E-state index contributed by atoms with van der Waals surface area (Å²) >= 11 is 1.61. The third-order valence-electron chi connectivity index (χ3n) is 4.02. The molecule has 0 spiro atoms. The summed E-state index contributed by atoms with van der Waals surface area (Å²) in [7, 11) is -3.30. The van der Waals surface area contributed by atoms with Crippen LogP contribution in [0.15, 0.2) is 47.4 Å². The van der Waals surface area contributed by atoms with Gasteiger partial charge in [-0.3, -0.25) is 4.79 Å². The molecule has 1 N–H and O–H groups in total. The summed E-state index contributed by atoms with van der Waals surface area (Å²) in [5.74, 6) is -0.157. The van der Waals surface area contributed by atoms with Crippen molar-refractivity contribution in [2.75, 3.05) is 5.32 Å². The minimum absolute atomic E-state index is 0.157. The SMILES string of the molecule is Cc1nc2cc(NC(=O)Cc3ccc(S(=O)(=O)C(C)C)cc3)ccc2s1. The number of aromatic nitrogens is 1. The molecule has 3 aromatic rings. The molecule has 0 aliphatic heterocycles. The Bertz CT molecular complexity index is 1050. The topological polar surface area (TPSA) is 76.1 Å². The van der Waals surface area contributed by atoms with Crippen LogP contribution in [0.3, 0.4) is 0 Å². The molecule has 0 bridgehead atoms. The third kappa shape index (κ3) is 3.94. The molecule has 2 aromatic carbocycles. The second-order valence-corrected chi connectivity index (χ2v) is 10.1. The number of carbonyl (C=O) groups excluding carboxylic acids is 1. The van der Waals surface area contributed by atoms with E-state index in [1.165, 1.54) is 0 Å². The minimum Gasteiger partial charge on any atom is -0.326 e. The van der Waals surface area contributed by atoms with Gasteiger partial charge in [-0.1, -0.05) is 12.1 Å². The van der Waals surface area contributed by atoms with Crippen LogP contribution in [0.1, 0.15) is 24.4 Å². The average Bonchev–Trinajstić information content (AvgIpc) is 2.94. The average molecular weight is 389 g/mol. The molecule has 1 amide bonds. The second kappa shape index (κ2) is 7.17. The summed E-state index contributed by atoms with van der Waals surface area (Å²) in [4.78, 5) is 17.0. The Labute approximate surface area is 157 Å².